The molecule has 1 aromatic heterocycles. The van der Waals surface area contributed by atoms with Crippen molar-refractivity contribution >= 4 is 29.1 Å². The van der Waals surface area contributed by atoms with Gasteiger partial charge in [-0.15, -0.1) is 0 Å². The molecule has 6 heteroatoms. The van der Waals surface area contributed by atoms with Gasteiger partial charge in [-0.05, 0) is 6.92 Å². The summed E-state index contributed by atoms with van der Waals surface area (Å²) in [6, 6.07) is 2.20. The fourth-order valence-electron chi connectivity index (χ4n) is 0.861. The van der Waals surface area contributed by atoms with Crippen LogP contribution >= 0.6 is 23.3 Å². The number of halogens is 1. The minimum absolute atomic E-state index is 0.103. The lowest BCUT2D eigenvalue weighted by molar-refractivity contribution is 0.697. The number of hydrogen-bond acceptors (Lipinski definition) is 5. The van der Waals surface area contributed by atoms with Crippen LogP contribution in [0.4, 0.5) is 5.82 Å². The zero-order chi connectivity index (χ0) is 9.84. The highest BCUT2D eigenvalue weighted by Gasteiger charge is 2.15. The van der Waals surface area contributed by atoms with Gasteiger partial charge in [0, 0.05) is 13.1 Å². The molecule has 1 aromatic rings. The molecule has 0 aliphatic heterocycles. The lowest BCUT2D eigenvalue weighted by atomic mass is 10.2. The van der Waals surface area contributed by atoms with Gasteiger partial charge in [0.2, 0.25) is 0 Å². The van der Waals surface area contributed by atoms with Crippen molar-refractivity contribution in [3.8, 4) is 6.07 Å². The number of hydrogen-bond donors (Lipinski definition) is 0. The number of rotatable bonds is 3. The first-order chi connectivity index (χ1) is 6.16. The monoisotopic (exact) mass is 216 g/mol. The Morgan fingerprint density at radius 1 is 1.69 bits per heavy atom. The van der Waals surface area contributed by atoms with Gasteiger partial charge in [0.1, 0.15) is 0 Å². The van der Waals surface area contributed by atoms with Crippen LogP contribution in [0.15, 0.2) is 0 Å². The molecule has 0 spiro atoms. The number of anilines is 1. The highest BCUT2D eigenvalue weighted by molar-refractivity contribution is 6.99. The van der Waals surface area contributed by atoms with E-state index in [-0.39, 0.29) is 6.04 Å². The average molecular weight is 217 g/mol. The smallest absolute Gasteiger partial charge is 0.187 e. The van der Waals surface area contributed by atoms with Gasteiger partial charge in [0.15, 0.2) is 11.0 Å². The predicted molar refractivity (Wildman–Crippen MR) is 53.0 cm³/mol. The molecule has 4 nitrogen and oxygen atoms in total. The summed E-state index contributed by atoms with van der Waals surface area (Å²) >= 11 is 6.86. The lowest BCUT2D eigenvalue weighted by Crippen LogP contribution is -2.28. The molecule has 0 aromatic carbocycles. The van der Waals surface area contributed by atoms with Crippen LogP contribution in [-0.2, 0) is 0 Å². The first-order valence-electron chi connectivity index (χ1n) is 3.74. The maximum Gasteiger partial charge on any atom is 0.187 e. The first kappa shape index (κ1) is 10.2. The van der Waals surface area contributed by atoms with Crippen molar-refractivity contribution in [1.29, 1.82) is 5.26 Å². The molecule has 0 amide bonds. The van der Waals surface area contributed by atoms with E-state index in [1.54, 1.807) is 0 Å². The average Bonchev–Trinajstić information content (AvgIpc) is 2.50. The van der Waals surface area contributed by atoms with Crippen molar-refractivity contribution in [3.63, 3.8) is 0 Å². The van der Waals surface area contributed by atoms with Crippen LogP contribution in [-0.4, -0.2) is 21.8 Å². The molecule has 13 heavy (non-hydrogen) atoms. The third kappa shape index (κ3) is 2.29. The maximum absolute atomic E-state index is 8.51. The highest BCUT2D eigenvalue weighted by Crippen LogP contribution is 2.23. The third-order valence-corrected chi connectivity index (χ3v) is 2.69. The Morgan fingerprint density at radius 2 is 2.38 bits per heavy atom. The van der Waals surface area contributed by atoms with Gasteiger partial charge in [-0.2, -0.15) is 14.0 Å². The molecule has 0 fully saturated rings. The molecule has 0 N–H and O–H groups in total. The zero-order valence-corrected chi connectivity index (χ0v) is 8.93. The highest BCUT2D eigenvalue weighted by atomic mass is 35.5. The van der Waals surface area contributed by atoms with Crippen LogP contribution < -0.4 is 4.90 Å². The summed E-state index contributed by atoms with van der Waals surface area (Å²) < 4.78 is 7.89. The molecule has 0 aliphatic carbocycles. The maximum atomic E-state index is 8.51. The van der Waals surface area contributed by atoms with Crippen LogP contribution in [0.1, 0.15) is 13.3 Å². The molecule has 70 valence electrons. The second kappa shape index (κ2) is 4.40. The van der Waals surface area contributed by atoms with E-state index in [1.807, 2.05) is 18.9 Å². The molecule has 1 unspecified atom stereocenters. The van der Waals surface area contributed by atoms with Crippen molar-refractivity contribution < 1.29 is 0 Å². The van der Waals surface area contributed by atoms with Crippen LogP contribution in [0, 0.1) is 11.3 Å². The van der Waals surface area contributed by atoms with E-state index in [4.69, 9.17) is 16.9 Å². The normalized spacial score (nSPS) is 12.2. The Kier molecular flexibility index (Phi) is 3.46. The fraction of sp³-hybridized carbons (Fsp3) is 0.571. The largest absolute Gasteiger partial charge is 0.352 e. The van der Waals surface area contributed by atoms with E-state index >= 15 is 0 Å². The van der Waals surface area contributed by atoms with Gasteiger partial charge in [-0.25, -0.2) is 0 Å². The molecule has 1 rings (SSSR count). The number of aromatic nitrogens is 2. The van der Waals surface area contributed by atoms with E-state index < -0.39 is 0 Å². The molecule has 0 aliphatic rings. The van der Waals surface area contributed by atoms with Crippen molar-refractivity contribution in [3.05, 3.63) is 5.15 Å². The zero-order valence-electron chi connectivity index (χ0n) is 7.36. The summed E-state index contributed by atoms with van der Waals surface area (Å²) in [7, 11) is 1.85. The molecular weight excluding hydrogens is 208 g/mol. The van der Waals surface area contributed by atoms with Gasteiger partial charge in [-0.1, -0.05) is 11.6 Å². The van der Waals surface area contributed by atoms with Crippen LogP contribution in [0.5, 0.6) is 0 Å². The minimum atomic E-state index is 0.103. The molecular formula is C7H9ClN4S. The van der Waals surface area contributed by atoms with E-state index in [9.17, 15) is 0 Å². The summed E-state index contributed by atoms with van der Waals surface area (Å²) in [4.78, 5) is 1.86. The Balaban J connectivity index is 2.74. The molecule has 1 atom stereocenters. The van der Waals surface area contributed by atoms with Crippen LogP contribution in [0.2, 0.25) is 5.15 Å². The topological polar surface area (TPSA) is 52.8 Å². The second-order valence-electron chi connectivity index (χ2n) is 2.70. The summed E-state index contributed by atoms with van der Waals surface area (Å²) in [6.45, 7) is 1.94. The van der Waals surface area contributed by atoms with Crippen molar-refractivity contribution in [2.45, 2.75) is 19.4 Å². The number of nitrogens with zero attached hydrogens (tertiary/aromatic N) is 4. The van der Waals surface area contributed by atoms with Gasteiger partial charge in [0.05, 0.1) is 24.2 Å². The SMILES string of the molecule is CC(CC#N)N(C)c1nsnc1Cl. The second-order valence-corrected chi connectivity index (χ2v) is 3.59. The molecule has 0 saturated heterocycles. The molecule has 0 radical (unpaired) electrons. The van der Waals surface area contributed by atoms with Crippen LogP contribution in [0.3, 0.4) is 0 Å². The molecule has 0 bridgehead atoms. The van der Waals surface area contributed by atoms with E-state index in [2.05, 4.69) is 14.8 Å². The van der Waals surface area contributed by atoms with Gasteiger partial charge in [0.25, 0.3) is 0 Å². The summed E-state index contributed by atoms with van der Waals surface area (Å²) in [5.74, 6) is 0.648. The van der Waals surface area contributed by atoms with Crippen LogP contribution in [0.25, 0.3) is 0 Å². The van der Waals surface area contributed by atoms with Crippen molar-refractivity contribution in [2.24, 2.45) is 0 Å². The van der Waals surface area contributed by atoms with Gasteiger partial charge in [-0.3, -0.25) is 0 Å². The Bertz CT molecular complexity index is 319. The summed E-state index contributed by atoms with van der Waals surface area (Å²) in [5.41, 5.74) is 0. The Morgan fingerprint density at radius 3 is 2.85 bits per heavy atom. The van der Waals surface area contributed by atoms with E-state index in [1.165, 1.54) is 0 Å². The Hall–Kier alpha value is -0.860. The quantitative estimate of drug-likeness (QED) is 0.775. The van der Waals surface area contributed by atoms with Gasteiger partial charge >= 0.3 is 0 Å². The lowest BCUT2D eigenvalue weighted by Gasteiger charge is -2.21. The van der Waals surface area contributed by atoms with Crippen molar-refractivity contribution in [2.75, 3.05) is 11.9 Å². The van der Waals surface area contributed by atoms with Gasteiger partial charge < -0.3 is 4.90 Å². The Labute approximate surface area is 86.1 Å². The molecule has 1 heterocycles. The predicted octanol–water partition coefficient (Wildman–Crippen LogP) is 1.93. The summed E-state index contributed by atoms with van der Waals surface area (Å²) in [6.07, 6.45) is 0.449. The first-order valence-corrected chi connectivity index (χ1v) is 4.85. The summed E-state index contributed by atoms with van der Waals surface area (Å²) in [5, 5.41) is 8.91. The van der Waals surface area contributed by atoms with E-state index in [0.29, 0.717) is 17.4 Å². The standard InChI is InChI=1S/C7H9ClN4S/c1-5(3-4-9)12(2)7-6(8)10-13-11-7/h5H,3H2,1-2H3. The van der Waals surface area contributed by atoms with Crippen molar-refractivity contribution in [1.82, 2.24) is 8.75 Å². The molecule has 0 saturated carbocycles. The van der Waals surface area contributed by atoms with E-state index in [0.717, 1.165) is 11.7 Å². The number of nitriles is 1. The third-order valence-electron chi connectivity index (χ3n) is 1.81. The minimum Gasteiger partial charge on any atom is -0.352 e. The fourth-order valence-corrected chi connectivity index (χ4v) is 1.67.